The van der Waals surface area contributed by atoms with Crippen molar-refractivity contribution in [2.45, 2.75) is 0 Å². The van der Waals surface area contributed by atoms with Crippen molar-refractivity contribution in [2.24, 2.45) is 0 Å². The summed E-state index contributed by atoms with van der Waals surface area (Å²) in [5.41, 5.74) is 7.43. The molecule has 0 saturated carbocycles. The van der Waals surface area contributed by atoms with Crippen LogP contribution in [0.25, 0.3) is 97.7 Å². The topological polar surface area (TPSA) is 16.4 Å². The number of furan rings is 1. The van der Waals surface area contributed by atoms with Crippen molar-refractivity contribution in [1.82, 2.24) is 0 Å². The molecule has 0 aliphatic heterocycles. The van der Waals surface area contributed by atoms with Crippen LogP contribution in [0.5, 0.6) is 0 Å². The lowest BCUT2D eigenvalue weighted by atomic mass is 9.87. The monoisotopic (exact) mass is 685 g/mol. The molecule has 2 heteroatoms. The zero-order valence-corrected chi connectivity index (χ0v) is 29.3. The molecule has 0 aliphatic rings. The van der Waals surface area contributed by atoms with Crippen LogP contribution in [0.2, 0.25) is 0 Å². The summed E-state index contributed by atoms with van der Waals surface area (Å²) in [4.78, 5) is 2.39. The first-order valence-electron chi connectivity index (χ1n) is 18.6. The zero-order chi connectivity index (χ0) is 35.3. The summed E-state index contributed by atoms with van der Waals surface area (Å²) in [6, 6.07) is 68.8. The summed E-state index contributed by atoms with van der Waals surface area (Å²) in [5, 5.41) is 17.6. The number of anilines is 3. The van der Waals surface area contributed by atoms with E-state index in [-0.39, 0.29) is 0 Å². The van der Waals surface area contributed by atoms with Crippen molar-refractivity contribution >= 4 is 104 Å². The molecular formula is C52H31NO. The first-order chi connectivity index (χ1) is 26.8. The van der Waals surface area contributed by atoms with Gasteiger partial charge in [0.15, 0.2) is 0 Å². The summed E-state index contributed by atoms with van der Waals surface area (Å²) in [6.07, 6.45) is 0. The Morgan fingerprint density at radius 2 is 0.796 bits per heavy atom. The minimum absolute atomic E-state index is 0.907. The molecule has 0 amide bonds. The second kappa shape index (κ2) is 11.2. The third-order valence-electron chi connectivity index (χ3n) is 11.5. The molecule has 250 valence electrons. The lowest BCUT2D eigenvalue weighted by Crippen LogP contribution is -2.10. The molecule has 0 saturated heterocycles. The summed E-state index contributed by atoms with van der Waals surface area (Å²) in [7, 11) is 0. The molecule has 54 heavy (non-hydrogen) atoms. The maximum atomic E-state index is 6.25. The summed E-state index contributed by atoms with van der Waals surface area (Å²) >= 11 is 0. The molecule has 2 nitrogen and oxygen atoms in total. The van der Waals surface area contributed by atoms with Crippen molar-refractivity contribution in [1.29, 1.82) is 0 Å². The van der Waals surface area contributed by atoms with Gasteiger partial charge in [-0.05, 0) is 130 Å². The molecule has 1 heterocycles. The largest absolute Gasteiger partial charge is 0.456 e. The number of para-hydroxylation sites is 2. The van der Waals surface area contributed by atoms with Crippen molar-refractivity contribution in [3.8, 4) is 11.1 Å². The first-order valence-corrected chi connectivity index (χ1v) is 18.6. The van der Waals surface area contributed by atoms with Gasteiger partial charge in [-0.25, -0.2) is 0 Å². The number of rotatable bonds is 4. The van der Waals surface area contributed by atoms with Crippen LogP contribution >= 0.6 is 0 Å². The highest BCUT2D eigenvalue weighted by Crippen LogP contribution is 2.46. The zero-order valence-electron chi connectivity index (χ0n) is 29.3. The highest BCUT2D eigenvalue weighted by atomic mass is 16.3. The molecule has 12 aromatic rings. The lowest BCUT2D eigenvalue weighted by Gasteiger charge is -2.27. The number of nitrogens with zero attached hydrogens (tertiary/aromatic N) is 1. The van der Waals surface area contributed by atoms with Gasteiger partial charge in [0.05, 0.1) is 0 Å². The third kappa shape index (κ3) is 4.22. The maximum Gasteiger partial charge on any atom is 0.136 e. The molecule has 0 atom stereocenters. The molecule has 0 spiro atoms. The molecule has 12 rings (SSSR count). The highest BCUT2D eigenvalue weighted by Gasteiger charge is 2.19. The van der Waals surface area contributed by atoms with Crippen molar-refractivity contribution in [3.05, 3.63) is 188 Å². The Morgan fingerprint density at radius 1 is 0.278 bits per heavy atom. The van der Waals surface area contributed by atoms with Gasteiger partial charge in [0.2, 0.25) is 0 Å². The van der Waals surface area contributed by atoms with E-state index in [0.717, 1.165) is 50.1 Å². The van der Waals surface area contributed by atoms with Gasteiger partial charge in [0.1, 0.15) is 11.2 Å². The van der Waals surface area contributed by atoms with Gasteiger partial charge in [0.25, 0.3) is 0 Å². The Labute approximate surface area is 311 Å². The predicted molar refractivity (Wildman–Crippen MR) is 230 cm³/mol. The van der Waals surface area contributed by atoms with Crippen LogP contribution in [-0.2, 0) is 0 Å². The summed E-state index contributed by atoms with van der Waals surface area (Å²) in [6.45, 7) is 0. The van der Waals surface area contributed by atoms with E-state index in [4.69, 9.17) is 4.42 Å². The average Bonchev–Trinajstić information content (AvgIpc) is 3.61. The second-order valence-electron chi connectivity index (χ2n) is 14.5. The van der Waals surface area contributed by atoms with Crippen LogP contribution in [-0.4, -0.2) is 0 Å². The average molecular weight is 686 g/mol. The molecule has 0 fully saturated rings. The Morgan fingerprint density at radius 3 is 1.48 bits per heavy atom. The quantitative estimate of drug-likeness (QED) is 0.172. The van der Waals surface area contributed by atoms with E-state index in [1.54, 1.807) is 0 Å². The highest BCUT2D eigenvalue weighted by molar-refractivity contribution is 6.37. The van der Waals surface area contributed by atoms with E-state index in [1.807, 2.05) is 12.1 Å². The maximum absolute atomic E-state index is 6.25. The van der Waals surface area contributed by atoms with Gasteiger partial charge in [-0.1, -0.05) is 133 Å². The minimum atomic E-state index is 0.907. The Kier molecular flexibility index (Phi) is 6.09. The van der Waals surface area contributed by atoms with Gasteiger partial charge in [-0.2, -0.15) is 0 Å². The van der Waals surface area contributed by atoms with Crippen molar-refractivity contribution in [3.63, 3.8) is 0 Å². The summed E-state index contributed by atoms with van der Waals surface area (Å²) < 4.78 is 6.25. The van der Waals surface area contributed by atoms with Gasteiger partial charge >= 0.3 is 0 Å². The number of benzene rings is 10. The molecule has 0 aliphatic carbocycles. The fourth-order valence-electron chi connectivity index (χ4n) is 9.13. The predicted octanol–water partition coefficient (Wildman–Crippen LogP) is 15.1. The van der Waals surface area contributed by atoms with Crippen LogP contribution in [0.15, 0.2) is 192 Å². The van der Waals surface area contributed by atoms with Crippen molar-refractivity contribution in [2.75, 3.05) is 4.90 Å². The van der Waals surface area contributed by atoms with Gasteiger partial charge in [-0.3, -0.25) is 0 Å². The molecule has 0 bridgehead atoms. The standard InChI is InChI=1S/C52H31NO/c1-2-12-38(13-3-1)53(39-26-23-32(24-27-39)36-25-28-42-41-14-4-5-18-47(41)54-48(42)30-36)40-29-37-22-21-35-10-7-16-44-43-15-6-9-33-19-20-34-11-8-17-45(51(34)49(33)43)46(31-40)52(37)50(35)44/h1-31H. The van der Waals surface area contributed by atoms with Crippen molar-refractivity contribution < 1.29 is 4.42 Å². The van der Waals surface area contributed by atoms with Crippen LogP contribution in [0.1, 0.15) is 0 Å². The SMILES string of the molecule is c1ccc(N(c2ccc(-c3ccc4c(c3)oc3ccccc34)cc2)c2cc3ccc4cccc5c6cccc7ccc8cccc(c(c2)c3c45)c8c76)cc1. The van der Waals surface area contributed by atoms with Crippen LogP contribution in [0, 0.1) is 0 Å². The third-order valence-corrected chi connectivity index (χ3v) is 11.5. The smallest absolute Gasteiger partial charge is 0.136 e. The van der Waals surface area contributed by atoms with E-state index >= 15 is 0 Å². The van der Waals surface area contributed by atoms with E-state index in [1.165, 1.54) is 64.6 Å². The summed E-state index contributed by atoms with van der Waals surface area (Å²) in [5.74, 6) is 0. The molecule has 11 aromatic carbocycles. The number of fused-ring (bicyclic) bond motifs is 5. The molecule has 0 radical (unpaired) electrons. The van der Waals surface area contributed by atoms with E-state index in [0.29, 0.717) is 0 Å². The minimum Gasteiger partial charge on any atom is -0.456 e. The Balaban J connectivity index is 1.12. The molecule has 0 N–H and O–H groups in total. The van der Waals surface area contributed by atoms with Gasteiger partial charge < -0.3 is 9.32 Å². The number of hydrogen-bond acceptors (Lipinski definition) is 2. The Bertz CT molecular complexity index is 3430. The number of hydrogen-bond donors (Lipinski definition) is 0. The van der Waals surface area contributed by atoms with Gasteiger partial charge in [0, 0.05) is 27.8 Å². The molecular weight excluding hydrogens is 655 g/mol. The van der Waals surface area contributed by atoms with Crippen LogP contribution < -0.4 is 4.90 Å². The normalized spacial score (nSPS) is 12.1. The van der Waals surface area contributed by atoms with E-state index < -0.39 is 0 Å². The second-order valence-corrected chi connectivity index (χ2v) is 14.5. The fraction of sp³-hybridized carbons (Fsp3) is 0. The fourth-order valence-corrected chi connectivity index (χ4v) is 9.13. The molecule has 1 aromatic heterocycles. The lowest BCUT2D eigenvalue weighted by molar-refractivity contribution is 0.669. The Hall–Kier alpha value is -7.16. The van der Waals surface area contributed by atoms with Crippen LogP contribution in [0.4, 0.5) is 17.1 Å². The van der Waals surface area contributed by atoms with E-state index in [9.17, 15) is 0 Å². The molecule has 0 unspecified atom stereocenters. The van der Waals surface area contributed by atoms with Gasteiger partial charge in [-0.15, -0.1) is 0 Å². The van der Waals surface area contributed by atoms with E-state index in [2.05, 4.69) is 181 Å². The first kappa shape index (κ1) is 29.4. The van der Waals surface area contributed by atoms with Crippen LogP contribution in [0.3, 0.4) is 0 Å².